The molecule has 1 rings (SSSR count). The van der Waals surface area contributed by atoms with E-state index in [9.17, 15) is 10.1 Å². The summed E-state index contributed by atoms with van der Waals surface area (Å²) in [6.07, 6.45) is 2.82. The van der Waals surface area contributed by atoms with E-state index in [2.05, 4.69) is 6.42 Å². The van der Waals surface area contributed by atoms with Crippen LogP contribution in [-0.4, -0.2) is 4.92 Å². The smallest absolute Gasteiger partial charge is 0.258 e. The zero-order chi connectivity index (χ0) is 8.27. The molecule has 0 bridgehead atoms. The SMILES string of the molecule is C[C]c1cccc([N+](=O)[O-])c1. The van der Waals surface area contributed by atoms with E-state index in [0.29, 0.717) is 0 Å². The summed E-state index contributed by atoms with van der Waals surface area (Å²) in [6.45, 7) is 1.72. The molecule has 2 radical (unpaired) electrons. The van der Waals surface area contributed by atoms with Crippen LogP contribution in [0.1, 0.15) is 12.5 Å². The van der Waals surface area contributed by atoms with Gasteiger partial charge >= 0.3 is 0 Å². The first-order chi connectivity index (χ1) is 5.24. The van der Waals surface area contributed by atoms with Gasteiger partial charge in [-0.15, -0.1) is 0 Å². The Bertz CT molecular complexity index is 271. The molecule has 1 aromatic carbocycles. The first-order valence-corrected chi connectivity index (χ1v) is 3.16. The van der Waals surface area contributed by atoms with E-state index in [4.69, 9.17) is 0 Å². The van der Waals surface area contributed by atoms with Crippen molar-refractivity contribution < 1.29 is 4.92 Å². The van der Waals surface area contributed by atoms with E-state index >= 15 is 0 Å². The molecule has 56 valence electrons. The van der Waals surface area contributed by atoms with Gasteiger partial charge in [0.15, 0.2) is 0 Å². The Balaban J connectivity index is 3.01. The zero-order valence-corrected chi connectivity index (χ0v) is 6.07. The second-order valence-electron chi connectivity index (χ2n) is 2.06. The third-order valence-corrected chi connectivity index (χ3v) is 1.35. The summed E-state index contributed by atoms with van der Waals surface area (Å²) in [7, 11) is 0. The number of non-ortho nitro benzene ring substituents is 1. The Kier molecular flexibility index (Phi) is 2.21. The molecule has 0 saturated heterocycles. The average molecular weight is 149 g/mol. The van der Waals surface area contributed by atoms with Gasteiger partial charge in [-0.2, -0.15) is 0 Å². The fourth-order valence-electron chi connectivity index (χ4n) is 0.775. The van der Waals surface area contributed by atoms with Crippen molar-refractivity contribution >= 4 is 5.69 Å². The first kappa shape index (κ1) is 7.72. The van der Waals surface area contributed by atoms with Crippen LogP contribution < -0.4 is 0 Å². The molecular weight excluding hydrogens is 142 g/mol. The van der Waals surface area contributed by atoms with Crippen molar-refractivity contribution in [3.8, 4) is 0 Å². The monoisotopic (exact) mass is 149 g/mol. The van der Waals surface area contributed by atoms with E-state index in [1.807, 2.05) is 0 Å². The van der Waals surface area contributed by atoms with Gasteiger partial charge in [0.2, 0.25) is 0 Å². The van der Waals surface area contributed by atoms with Gasteiger partial charge in [-0.1, -0.05) is 19.1 Å². The molecule has 0 amide bonds. The van der Waals surface area contributed by atoms with Crippen molar-refractivity contribution in [1.82, 2.24) is 0 Å². The van der Waals surface area contributed by atoms with Crippen LogP contribution in [0, 0.1) is 16.5 Å². The van der Waals surface area contributed by atoms with Crippen LogP contribution in [0.4, 0.5) is 5.69 Å². The highest BCUT2D eigenvalue weighted by atomic mass is 16.6. The van der Waals surface area contributed by atoms with Crippen molar-refractivity contribution in [3.63, 3.8) is 0 Å². The summed E-state index contributed by atoms with van der Waals surface area (Å²) >= 11 is 0. The lowest BCUT2D eigenvalue weighted by Gasteiger charge is -1.93. The number of hydrogen-bond acceptors (Lipinski definition) is 2. The summed E-state index contributed by atoms with van der Waals surface area (Å²) in [5.41, 5.74) is 0.857. The lowest BCUT2D eigenvalue weighted by Crippen LogP contribution is -1.88. The number of nitro groups is 1. The Morgan fingerprint density at radius 2 is 2.27 bits per heavy atom. The van der Waals surface area contributed by atoms with E-state index in [-0.39, 0.29) is 5.69 Å². The first-order valence-electron chi connectivity index (χ1n) is 3.16. The molecule has 0 unspecified atom stereocenters. The Labute approximate surface area is 64.8 Å². The van der Waals surface area contributed by atoms with Crippen molar-refractivity contribution in [3.05, 3.63) is 46.4 Å². The van der Waals surface area contributed by atoms with Gasteiger partial charge < -0.3 is 0 Å². The molecule has 0 heterocycles. The van der Waals surface area contributed by atoms with Crippen molar-refractivity contribution in [2.75, 3.05) is 0 Å². The van der Waals surface area contributed by atoms with Crippen LogP contribution in [0.15, 0.2) is 24.3 Å². The summed E-state index contributed by atoms with van der Waals surface area (Å²) < 4.78 is 0. The molecule has 0 saturated carbocycles. The second kappa shape index (κ2) is 3.14. The standard InChI is InChI=1S/C8H7NO2/c1-2-7-4-3-5-8(6-7)9(10)11/h3-6H,1H3. The third kappa shape index (κ3) is 1.77. The minimum atomic E-state index is -0.416. The maximum absolute atomic E-state index is 10.2. The quantitative estimate of drug-likeness (QED) is 0.477. The van der Waals surface area contributed by atoms with Gasteiger partial charge in [0.1, 0.15) is 0 Å². The molecule has 3 nitrogen and oxygen atoms in total. The van der Waals surface area contributed by atoms with Crippen LogP contribution in [0.25, 0.3) is 0 Å². The highest BCUT2D eigenvalue weighted by Gasteiger charge is 2.03. The highest BCUT2D eigenvalue weighted by Crippen LogP contribution is 2.13. The maximum Gasteiger partial charge on any atom is 0.269 e. The summed E-state index contributed by atoms with van der Waals surface area (Å²) in [5.74, 6) is 0. The van der Waals surface area contributed by atoms with Gasteiger partial charge in [0, 0.05) is 18.6 Å². The van der Waals surface area contributed by atoms with Gasteiger partial charge in [0.05, 0.1) is 4.92 Å². The van der Waals surface area contributed by atoms with E-state index in [0.717, 1.165) is 5.56 Å². The fourth-order valence-corrected chi connectivity index (χ4v) is 0.775. The Hall–Kier alpha value is -1.38. The minimum Gasteiger partial charge on any atom is -0.258 e. The van der Waals surface area contributed by atoms with Crippen molar-refractivity contribution in [2.45, 2.75) is 6.92 Å². The van der Waals surface area contributed by atoms with Crippen LogP contribution in [-0.2, 0) is 0 Å². The lowest BCUT2D eigenvalue weighted by molar-refractivity contribution is -0.384. The van der Waals surface area contributed by atoms with Gasteiger partial charge in [0.25, 0.3) is 5.69 Å². The normalized spacial score (nSPS) is 9.55. The van der Waals surface area contributed by atoms with Gasteiger partial charge in [-0.3, -0.25) is 10.1 Å². The molecule has 0 aliphatic carbocycles. The topological polar surface area (TPSA) is 43.1 Å². The molecule has 0 aliphatic heterocycles. The van der Waals surface area contributed by atoms with Crippen LogP contribution >= 0.6 is 0 Å². The molecule has 0 aliphatic rings. The molecule has 1 aromatic rings. The van der Waals surface area contributed by atoms with Crippen LogP contribution in [0.3, 0.4) is 0 Å². The van der Waals surface area contributed by atoms with E-state index < -0.39 is 4.92 Å². The van der Waals surface area contributed by atoms with E-state index in [1.54, 1.807) is 19.1 Å². The third-order valence-electron chi connectivity index (χ3n) is 1.35. The number of nitrogens with zero attached hydrogens (tertiary/aromatic N) is 1. The average Bonchev–Trinajstić information content (AvgIpc) is 2.05. The maximum atomic E-state index is 10.2. The fraction of sp³-hybridized carbons (Fsp3) is 0.125. The molecule has 0 aromatic heterocycles. The predicted octanol–water partition coefficient (Wildman–Crippen LogP) is 2.04. The summed E-state index contributed by atoms with van der Waals surface area (Å²) in [5, 5.41) is 10.2. The van der Waals surface area contributed by atoms with E-state index in [1.165, 1.54) is 12.1 Å². The van der Waals surface area contributed by atoms with Crippen molar-refractivity contribution in [2.24, 2.45) is 0 Å². The number of rotatable bonds is 2. The molecule has 0 spiro atoms. The molecule has 0 atom stereocenters. The summed E-state index contributed by atoms with van der Waals surface area (Å²) in [6, 6.07) is 6.36. The number of hydrogen-bond donors (Lipinski definition) is 0. The number of benzene rings is 1. The molecule has 3 heteroatoms. The minimum absolute atomic E-state index is 0.108. The molecule has 0 N–H and O–H groups in total. The Morgan fingerprint density at radius 3 is 2.82 bits per heavy atom. The molecule has 0 fully saturated rings. The van der Waals surface area contributed by atoms with Crippen molar-refractivity contribution in [1.29, 1.82) is 0 Å². The zero-order valence-electron chi connectivity index (χ0n) is 6.07. The largest absolute Gasteiger partial charge is 0.269 e. The highest BCUT2D eigenvalue weighted by molar-refractivity contribution is 5.36. The molecule has 11 heavy (non-hydrogen) atoms. The van der Waals surface area contributed by atoms with Gasteiger partial charge in [-0.25, -0.2) is 0 Å². The van der Waals surface area contributed by atoms with Gasteiger partial charge in [-0.05, 0) is 5.56 Å². The van der Waals surface area contributed by atoms with Crippen LogP contribution in [0.5, 0.6) is 0 Å². The van der Waals surface area contributed by atoms with Crippen LogP contribution in [0.2, 0.25) is 0 Å². The Morgan fingerprint density at radius 1 is 1.55 bits per heavy atom. The molecular formula is C8H7NO2. The second-order valence-corrected chi connectivity index (χ2v) is 2.06. The number of nitro benzene ring substituents is 1. The predicted molar refractivity (Wildman–Crippen MR) is 41.1 cm³/mol. The lowest BCUT2D eigenvalue weighted by atomic mass is 10.1. The summed E-state index contributed by atoms with van der Waals surface area (Å²) in [4.78, 5) is 9.83.